The molecule has 0 aromatic rings. The molecule has 5 heteroatoms. The van der Waals surface area contributed by atoms with Gasteiger partial charge in [-0.3, -0.25) is 4.79 Å². The molecule has 1 atom stereocenters. The van der Waals surface area contributed by atoms with Crippen molar-refractivity contribution < 1.29 is 13.2 Å². The van der Waals surface area contributed by atoms with Crippen LogP contribution >= 0.6 is 0 Å². The molecule has 0 bridgehead atoms. The summed E-state index contributed by atoms with van der Waals surface area (Å²) in [6.45, 7) is 10.0. The molecule has 1 saturated heterocycles. The third-order valence-electron chi connectivity index (χ3n) is 2.61. The second kappa shape index (κ2) is 4.35. The molecule has 0 aromatic carbocycles. The van der Waals surface area contributed by atoms with Gasteiger partial charge >= 0.3 is 0 Å². The highest BCUT2D eigenvalue weighted by molar-refractivity contribution is 7.91. The molecule has 1 aliphatic heterocycles. The number of carbonyl (C=O) groups is 1. The summed E-state index contributed by atoms with van der Waals surface area (Å²) >= 11 is 0. The van der Waals surface area contributed by atoms with E-state index in [1.54, 1.807) is 4.90 Å². The van der Waals surface area contributed by atoms with Gasteiger partial charge in [0.05, 0.1) is 11.5 Å². The molecule has 1 fully saturated rings. The van der Waals surface area contributed by atoms with Crippen LogP contribution in [0.5, 0.6) is 0 Å². The summed E-state index contributed by atoms with van der Waals surface area (Å²) in [6.07, 6.45) is 0.541. The fraction of sp³-hybridized carbons (Fsp3) is 0.818. The second-order valence-corrected chi connectivity index (χ2v) is 7.87. The summed E-state index contributed by atoms with van der Waals surface area (Å²) in [6, 6.07) is -0.186. The molecule has 16 heavy (non-hydrogen) atoms. The standard InChI is InChI=1S/C11H20NO3S/c1-9(13)12(8-11(2,3)4)10-5-6-16(14,15)7-10/h10H,1,5-8H2,2-4H3. The molecule has 1 unspecified atom stereocenters. The van der Waals surface area contributed by atoms with Gasteiger partial charge in [-0.05, 0) is 11.8 Å². The van der Waals surface area contributed by atoms with E-state index in [-0.39, 0.29) is 28.9 Å². The van der Waals surface area contributed by atoms with Gasteiger partial charge in [-0.25, -0.2) is 8.42 Å². The summed E-state index contributed by atoms with van der Waals surface area (Å²) < 4.78 is 22.8. The van der Waals surface area contributed by atoms with E-state index in [1.165, 1.54) is 0 Å². The van der Waals surface area contributed by atoms with Crippen LogP contribution in [0.4, 0.5) is 0 Å². The number of nitrogens with zero attached hydrogens (tertiary/aromatic N) is 1. The van der Waals surface area contributed by atoms with Crippen LogP contribution in [0.1, 0.15) is 27.2 Å². The third kappa shape index (κ3) is 3.77. The van der Waals surface area contributed by atoms with E-state index in [2.05, 4.69) is 6.92 Å². The van der Waals surface area contributed by atoms with E-state index in [4.69, 9.17) is 0 Å². The Morgan fingerprint density at radius 3 is 2.31 bits per heavy atom. The minimum Gasteiger partial charge on any atom is -0.338 e. The predicted molar refractivity (Wildman–Crippen MR) is 63.6 cm³/mol. The quantitative estimate of drug-likeness (QED) is 0.727. The van der Waals surface area contributed by atoms with E-state index in [9.17, 15) is 13.2 Å². The van der Waals surface area contributed by atoms with Crippen LogP contribution in [0.2, 0.25) is 0 Å². The molecule has 0 aliphatic carbocycles. The van der Waals surface area contributed by atoms with Crippen molar-refractivity contribution in [3.8, 4) is 0 Å². The van der Waals surface area contributed by atoms with Crippen molar-refractivity contribution in [3.63, 3.8) is 0 Å². The maximum Gasteiger partial charge on any atom is 0.223 e. The lowest BCUT2D eigenvalue weighted by Gasteiger charge is -2.33. The van der Waals surface area contributed by atoms with Crippen LogP contribution in [0.3, 0.4) is 0 Å². The fourth-order valence-corrected chi connectivity index (χ4v) is 3.68. The Labute approximate surface area is 97.9 Å². The predicted octanol–water partition coefficient (Wildman–Crippen LogP) is 0.882. The van der Waals surface area contributed by atoms with Crippen LogP contribution in [-0.2, 0) is 14.6 Å². The van der Waals surface area contributed by atoms with Crippen molar-refractivity contribution in [2.45, 2.75) is 33.2 Å². The lowest BCUT2D eigenvalue weighted by Crippen LogP contribution is -2.44. The Morgan fingerprint density at radius 1 is 1.44 bits per heavy atom. The van der Waals surface area contributed by atoms with Crippen LogP contribution < -0.4 is 0 Å². The number of carbonyl (C=O) groups excluding carboxylic acids is 1. The van der Waals surface area contributed by atoms with Gasteiger partial charge in [0.25, 0.3) is 0 Å². The first-order valence-corrected chi connectivity index (χ1v) is 7.26. The Morgan fingerprint density at radius 2 is 2.00 bits per heavy atom. The van der Waals surface area contributed by atoms with Crippen molar-refractivity contribution in [1.82, 2.24) is 4.90 Å². The molecule has 0 spiro atoms. The summed E-state index contributed by atoms with van der Waals surface area (Å²) in [4.78, 5) is 13.0. The van der Waals surface area contributed by atoms with Gasteiger partial charge in [0.2, 0.25) is 5.91 Å². The van der Waals surface area contributed by atoms with Crippen LogP contribution in [0.15, 0.2) is 0 Å². The molecule has 4 nitrogen and oxygen atoms in total. The van der Waals surface area contributed by atoms with E-state index in [0.717, 1.165) is 0 Å². The molecular weight excluding hydrogens is 226 g/mol. The monoisotopic (exact) mass is 246 g/mol. The van der Waals surface area contributed by atoms with Crippen LogP contribution in [0.25, 0.3) is 0 Å². The number of hydrogen-bond donors (Lipinski definition) is 0. The minimum atomic E-state index is -2.95. The Kier molecular flexibility index (Phi) is 3.67. The summed E-state index contributed by atoms with van der Waals surface area (Å²) in [7, 11) is -2.95. The second-order valence-electron chi connectivity index (χ2n) is 5.64. The molecule has 0 N–H and O–H groups in total. The average Bonchev–Trinajstić information content (AvgIpc) is 2.39. The lowest BCUT2D eigenvalue weighted by atomic mass is 9.95. The molecule has 93 valence electrons. The number of rotatable bonds is 2. The van der Waals surface area contributed by atoms with Gasteiger partial charge in [-0.15, -0.1) is 0 Å². The Balaban J connectivity index is 2.77. The lowest BCUT2D eigenvalue weighted by molar-refractivity contribution is -0.129. The van der Waals surface area contributed by atoms with Crippen molar-refractivity contribution in [2.24, 2.45) is 5.41 Å². The fourth-order valence-electron chi connectivity index (χ4n) is 1.95. The highest BCUT2D eigenvalue weighted by Gasteiger charge is 2.34. The minimum absolute atomic E-state index is 0.0420. The van der Waals surface area contributed by atoms with Gasteiger partial charge in [-0.1, -0.05) is 20.8 Å². The first kappa shape index (κ1) is 13.5. The van der Waals surface area contributed by atoms with Gasteiger partial charge in [0.1, 0.15) is 0 Å². The average molecular weight is 246 g/mol. The maximum absolute atomic E-state index is 11.4. The van der Waals surface area contributed by atoms with Gasteiger partial charge < -0.3 is 4.90 Å². The number of sulfone groups is 1. The highest BCUT2D eigenvalue weighted by Crippen LogP contribution is 2.23. The van der Waals surface area contributed by atoms with Crippen LogP contribution in [0, 0.1) is 12.3 Å². The first-order chi connectivity index (χ1) is 7.11. The van der Waals surface area contributed by atoms with Gasteiger partial charge in [0, 0.05) is 19.5 Å². The highest BCUT2D eigenvalue weighted by atomic mass is 32.2. The van der Waals surface area contributed by atoms with Gasteiger partial charge in [-0.2, -0.15) is 0 Å². The zero-order chi connectivity index (χ0) is 12.6. The SMILES string of the molecule is [CH2]C(=O)N(CC(C)(C)C)C1CCS(=O)(=O)C1. The third-order valence-corrected chi connectivity index (χ3v) is 4.36. The molecule has 1 aliphatic rings. The van der Waals surface area contributed by atoms with E-state index in [0.29, 0.717) is 13.0 Å². The summed E-state index contributed by atoms with van der Waals surface area (Å²) in [5.74, 6) is -0.00679. The Hall–Kier alpha value is -0.580. The molecule has 1 rings (SSSR count). The molecule has 1 heterocycles. The Bertz CT molecular complexity index is 367. The van der Waals surface area contributed by atoms with Crippen molar-refractivity contribution in [3.05, 3.63) is 6.92 Å². The van der Waals surface area contributed by atoms with Crippen molar-refractivity contribution in [2.75, 3.05) is 18.1 Å². The summed E-state index contributed by atoms with van der Waals surface area (Å²) in [5, 5.41) is 0. The zero-order valence-corrected chi connectivity index (χ0v) is 11.0. The van der Waals surface area contributed by atoms with Gasteiger partial charge in [0.15, 0.2) is 9.84 Å². The molecule has 1 radical (unpaired) electrons. The van der Waals surface area contributed by atoms with E-state index in [1.807, 2.05) is 20.8 Å². The maximum atomic E-state index is 11.4. The number of amides is 1. The molecule has 0 aromatic heterocycles. The smallest absolute Gasteiger partial charge is 0.223 e. The zero-order valence-electron chi connectivity index (χ0n) is 10.2. The van der Waals surface area contributed by atoms with Crippen molar-refractivity contribution in [1.29, 1.82) is 0 Å². The van der Waals surface area contributed by atoms with E-state index >= 15 is 0 Å². The molecular formula is C11H20NO3S. The number of hydrogen-bond acceptors (Lipinski definition) is 3. The summed E-state index contributed by atoms with van der Waals surface area (Å²) in [5.41, 5.74) is -0.0420. The normalized spacial score (nSPS) is 24.4. The molecule has 1 amide bonds. The first-order valence-electron chi connectivity index (χ1n) is 5.44. The van der Waals surface area contributed by atoms with Crippen molar-refractivity contribution >= 4 is 15.7 Å². The van der Waals surface area contributed by atoms with E-state index < -0.39 is 9.84 Å². The van der Waals surface area contributed by atoms with Crippen LogP contribution in [-0.4, -0.2) is 43.3 Å². The topological polar surface area (TPSA) is 54.5 Å². The molecule has 0 saturated carbocycles. The largest absolute Gasteiger partial charge is 0.338 e.